The molecule has 1 amide bonds. The first-order chi connectivity index (χ1) is 16.2. The van der Waals surface area contributed by atoms with Gasteiger partial charge < -0.3 is 24.7 Å². The molecule has 0 saturated carbocycles. The highest BCUT2D eigenvalue weighted by atomic mass is 16.5. The van der Waals surface area contributed by atoms with Crippen LogP contribution < -0.4 is 20.1 Å². The van der Waals surface area contributed by atoms with E-state index >= 15 is 0 Å². The van der Waals surface area contributed by atoms with Crippen LogP contribution in [0.25, 0.3) is 11.2 Å². The Balaban J connectivity index is 1.66. The summed E-state index contributed by atoms with van der Waals surface area (Å²) in [6.45, 7) is 5.01. The summed E-state index contributed by atoms with van der Waals surface area (Å²) in [5.74, 6) is 2.35. The topological polar surface area (TPSA) is 156 Å². The molecular formula is C22H23N9O3. The number of pyridine rings is 2. The molecule has 0 aliphatic heterocycles. The fourth-order valence-corrected chi connectivity index (χ4v) is 3.24. The van der Waals surface area contributed by atoms with Crippen LogP contribution in [0.3, 0.4) is 0 Å². The number of methoxy groups -OCH3 is 1. The summed E-state index contributed by atoms with van der Waals surface area (Å²) in [6, 6.07) is 7.25. The minimum absolute atomic E-state index is 0.236. The number of nitriles is 1. The molecule has 0 atom stereocenters. The lowest BCUT2D eigenvalue weighted by Crippen LogP contribution is -2.14. The lowest BCUT2D eigenvalue weighted by Gasteiger charge is -2.12. The van der Waals surface area contributed by atoms with Crippen molar-refractivity contribution < 1.29 is 14.3 Å². The minimum Gasteiger partial charge on any atom is -0.491 e. The number of imidazole rings is 1. The number of aryl methyl sites for hydroxylation is 1. The van der Waals surface area contributed by atoms with E-state index < -0.39 is 5.41 Å². The number of nitrogens with one attached hydrogen (secondary N) is 3. The number of H-pyrrole nitrogens is 1. The molecule has 0 radical (unpaired) electrons. The number of aromatic amines is 1. The van der Waals surface area contributed by atoms with E-state index in [9.17, 15) is 10.1 Å². The number of fused-ring (bicyclic) bond motifs is 1. The van der Waals surface area contributed by atoms with Gasteiger partial charge in [0.2, 0.25) is 11.9 Å². The fraction of sp³-hybridized carbons (Fsp3) is 0.273. The van der Waals surface area contributed by atoms with Gasteiger partial charge in [0.1, 0.15) is 17.1 Å². The van der Waals surface area contributed by atoms with E-state index in [0.717, 1.165) is 0 Å². The van der Waals surface area contributed by atoms with Gasteiger partial charge in [0.25, 0.3) is 0 Å². The molecule has 0 bridgehead atoms. The Kier molecular flexibility index (Phi) is 5.77. The molecule has 0 aromatic carbocycles. The largest absolute Gasteiger partial charge is 0.491 e. The monoisotopic (exact) mass is 461 g/mol. The average Bonchev–Trinajstić information content (AvgIpc) is 3.39. The zero-order valence-corrected chi connectivity index (χ0v) is 19.3. The van der Waals surface area contributed by atoms with E-state index in [0.29, 0.717) is 51.7 Å². The number of nitrogens with zero attached hydrogens (tertiary/aromatic N) is 6. The van der Waals surface area contributed by atoms with Crippen LogP contribution >= 0.6 is 0 Å². The number of rotatable bonds is 7. The summed E-state index contributed by atoms with van der Waals surface area (Å²) in [5, 5.41) is 22.2. The van der Waals surface area contributed by atoms with Crippen molar-refractivity contribution in [2.45, 2.75) is 26.2 Å². The molecule has 0 saturated heterocycles. The maximum Gasteiger partial charge on any atom is 0.222 e. The van der Waals surface area contributed by atoms with Crippen LogP contribution in [0, 0.1) is 11.3 Å². The van der Waals surface area contributed by atoms with Gasteiger partial charge in [0.05, 0.1) is 30.5 Å². The van der Waals surface area contributed by atoms with Gasteiger partial charge in [0, 0.05) is 32.3 Å². The van der Waals surface area contributed by atoms with Crippen molar-refractivity contribution in [3.8, 4) is 23.3 Å². The number of hydrogen-bond acceptors (Lipinski definition) is 9. The highest BCUT2D eigenvalue weighted by Crippen LogP contribution is 2.38. The van der Waals surface area contributed by atoms with E-state index in [2.05, 4.69) is 41.9 Å². The van der Waals surface area contributed by atoms with Gasteiger partial charge in [-0.15, -0.1) is 0 Å². The van der Waals surface area contributed by atoms with Gasteiger partial charge >= 0.3 is 0 Å². The third-order valence-electron chi connectivity index (χ3n) is 5.06. The lowest BCUT2D eigenvalue weighted by atomic mass is 9.92. The number of amides is 1. The first kappa shape index (κ1) is 22.5. The zero-order chi connectivity index (χ0) is 24.5. The van der Waals surface area contributed by atoms with Crippen LogP contribution in [0.1, 0.15) is 26.5 Å². The van der Waals surface area contributed by atoms with Crippen LogP contribution in [0.5, 0.6) is 17.2 Å². The fourth-order valence-electron chi connectivity index (χ4n) is 3.24. The van der Waals surface area contributed by atoms with Crippen molar-refractivity contribution in [2.24, 2.45) is 7.05 Å². The molecule has 12 nitrogen and oxygen atoms in total. The van der Waals surface area contributed by atoms with Crippen LogP contribution in [-0.4, -0.2) is 42.7 Å². The molecule has 174 valence electrons. The van der Waals surface area contributed by atoms with E-state index in [4.69, 9.17) is 9.47 Å². The maximum absolute atomic E-state index is 11.3. The third kappa shape index (κ3) is 4.31. The van der Waals surface area contributed by atoms with Crippen LogP contribution in [0.2, 0.25) is 0 Å². The Morgan fingerprint density at radius 2 is 2.06 bits per heavy atom. The first-order valence-corrected chi connectivity index (χ1v) is 10.3. The first-order valence-electron chi connectivity index (χ1n) is 10.3. The predicted octanol–water partition coefficient (Wildman–Crippen LogP) is 3.39. The number of anilines is 3. The van der Waals surface area contributed by atoms with Gasteiger partial charge in [-0.2, -0.15) is 15.3 Å². The van der Waals surface area contributed by atoms with Crippen LogP contribution in [-0.2, 0) is 17.3 Å². The molecule has 0 spiro atoms. The molecular weight excluding hydrogens is 438 g/mol. The van der Waals surface area contributed by atoms with E-state index in [1.807, 2.05) is 0 Å². The normalized spacial score (nSPS) is 11.2. The summed E-state index contributed by atoms with van der Waals surface area (Å²) in [4.78, 5) is 24.3. The molecule has 12 heteroatoms. The van der Waals surface area contributed by atoms with Crippen molar-refractivity contribution in [1.82, 2.24) is 29.7 Å². The SMILES string of the molecule is COc1c(Oc2ccnc(NC(C)=O)c2)cnc2nc(Nc3cc(C(C)(C)C#N)[nH]n3)n(C)c12. The summed E-state index contributed by atoms with van der Waals surface area (Å²) in [5.41, 5.74) is 1.02. The highest BCUT2D eigenvalue weighted by Gasteiger charge is 2.24. The van der Waals surface area contributed by atoms with E-state index in [-0.39, 0.29) is 5.91 Å². The van der Waals surface area contributed by atoms with Crippen molar-refractivity contribution in [3.63, 3.8) is 0 Å². The number of carbonyl (C=O) groups excluding carboxylic acids is 1. The Morgan fingerprint density at radius 1 is 1.26 bits per heavy atom. The van der Waals surface area contributed by atoms with Crippen molar-refractivity contribution >= 4 is 34.7 Å². The number of carbonyl (C=O) groups is 1. The molecule has 34 heavy (non-hydrogen) atoms. The van der Waals surface area contributed by atoms with Gasteiger partial charge in [-0.1, -0.05) is 0 Å². The predicted molar refractivity (Wildman–Crippen MR) is 124 cm³/mol. The summed E-state index contributed by atoms with van der Waals surface area (Å²) < 4.78 is 13.4. The second-order valence-electron chi connectivity index (χ2n) is 8.01. The van der Waals surface area contributed by atoms with Gasteiger partial charge in [-0.05, 0) is 19.9 Å². The second-order valence-corrected chi connectivity index (χ2v) is 8.01. The Morgan fingerprint density at radius 3 is 2.76 bits per heavy atom. The van der Waals surface area contributed by atoms with Crippen LogP contribution in [0.4, 0.5) is 17.6 Å². The number of aromatic nitrogens is 6. The summed E-state index contributed by atoms with van der Waals surface area (Å²) >= 11 is 0. The smallest absolute Gasteiger partial charge is 0.222 e. The number of hydrogen-bond donors (Lipinski definition) is 3. The Labute approximate surface area is 195 Å². The zero-order valence-electron chi connectivity index (χ0n) is 19.3. The van der Waals surface area contributed by atoms with Gasteiger partial charge in [0.15, 0.2) is 23.0 Å². The van der Waals surface area contributed by atoms with Gasteiger partial charge in [-0.3, -0.25) is 9.89 Å². The highest BCUT2D eigenvalue weighted by molar-refractivity contribution is 5.88. The van der Waals surface area contributed by atoms with E-state index in [1.165, 1.54) is 26.4 Å². The lowest BCUT2D eigenvalue weighted by molar-refractivity contribution is -0.114. The standard InChI is InChI=1S/C22H23N9O3/c1-12(32)26-16-8-13(6-7-24-16)34-14-10-25-20-18(19(14)33-5)31(4)21(28-20)27-17-9-15(29-30-17)22(2,3)11-23/h6-10H,1-5H3,(H,24,26,32)(H2,25,27,28,29,30). The molecule has 0 fully saturated rings. The van der Waals surface area contributed by atoms with Crippen molar-refractivity contribution in [1.29, 1.82) is 5.26 Å². The van der Waals surface area contributed by atoms with Crippen molar-refractivity contribution in [2.75, 3.05) is 17.7 Å². The quantitative estimate of drug-likeness (QED) is 0.375. The van der Waals surface area contributed by atoms with Crippen LogP contribution in [0.15, 0.2) is 30.6 Å². The maximum atomic E-state index is 11.3. The molecule has 4 aromatic rings. The summed E-state index contributed by atoms with van der Waals surface area (Å²) in [7, 11) is 3.33. The molecule has 3 N–H and O–H groups in total. The Bertz CT molecular complexity index is 1420. The molecule has 4 aromatic heterocycles. The molecule has 4 heterocycles. The summed E-state index contributed by atoms with van der Waals surface area (Å²) in [6.07, 6.45) is 3.04. The molecule has 0 aliphatic rings. The van der Waals surface area contributed by atoms with Gasteiger partial charge in [-0.25, -0.2) is 9.97 Å². The third-order valence-corrected chi connectivity index (χ3v) is 5.06. The second kappa shape index (κ2) is 8.70. The molecule has 4 rings (SSSR count). The van der Waals surface area contributed by atoms with E-state index in [1.54, 1.807) is 43.7 Å². The average molecular weight is 461 g/mol. The molecule has 0 unspecified atom stereocenters. The minimum atomic E-state index is -0.705. The Hall–Kier alpha value is -4.66. The van der Waals surface area contributed by atoms with Crippen molar-refractivity contribution in [3.05, 3.63) is 36.3 Å². The molecule has 0 aliphatic carbocycles. The number of ether oxygens (including phenoxy) is 2.